The van der Waals surface area contributed by atoms with Crippen LogP contribution in [-0.2, 0) is 14.3 Å². The van der Waals surface area contributed by atoms with Gasteiger partial charge in [-0.05, 0) is 25.7 Å². The van der Waals surface area contributed by atoms with Crippen molar-refractivity contribution in [3.63, 3.8) is 0 Å². The Balaban J connectivity index is 2.07. The van der Waals surface area contributed by atoms with Gasteiger partial charge in [-0.25, -0.2) is 0 Å². The summed E-state index contributed by atoms with van der Waals surface area (Å²) >= 11 is 0. The molecule has 2 saturated heterocycles. The number of rotatable bonds is 3. The van der Waals surface area contributed by atoms with Crippen LogP contribution >= 0.6 is 0 Å². The van der Waals surface area contributed by atoms with Crippen molar-refractivity contribution in [1.82, 2.24) is 10.2 Å². The zero-order valence-corrected chi connectivity index (χ0v) is 11.9. The van der Waals surface area contributed by atoms with Crippen molar-refractivity contribution >= 4 is 11.8 Å². The van der Waals surface area contributed by atoms with Crippen LogP contribution in [0.1, 0.15) is 46.0 Å². The largest absolute Gasteiger partial charge is 0.375 e. The van der Waals surface area contributed by atoms with Crippen LogP contribution in [0.3, 0.4) is 0 Å². The summed E-state index contributed by atoms with van der Waals surface area (Å²) < 4.78 is 5.95. The van der Waals surface area contributed by atoms with Gasteiger partial charge in [0.05, 0.1) is 12.1 Å². The number of carbonyl (C=O) groups is 2. The van der Waals surface area contributed by atoms with Crippen molar-refractivity contribution in [3.8, 4) is 0 Å². The fourth-order valence-electron chi connectivity index (χ4n) is 3.11. The van der Waals surface area contributed by atoms with E-state index in [1.54, 1.807) is 0 Å². The van der Waals surface area contributed by atoms with Gasteiger partial charge < -0.3 is 15.0 Å². The van der Waals surface area contributed by atoms with E-state index in [2.05, 4.69) is 19.2 Å². The second-order valence-electron chi connectivity index (χ2n) is 5.50. The highest BCUT2D eigenvalue weighted by Crippen LogP contribution is 2.33. The van der Waals surface area contributed by atoms with Crippen LogP contribution in [0.4, 0.5) is 0 Å². The molecule has 0 aromatic rings. The molecule has 0 bridgehead atoms. The number of ether oxygens (including phenoxy) is 1. The van der Waals surface area contributed by atoms with Crippen molar-refractivity contribution in [2.45, 2.75) is 57.6 Å². The Kier molecular flexibility index (Phi) is 4.45. The summed E-state index contributed by atoms with van der Waals surface area (Å²) in [5.74, 6) is 0.0130. The average Bonchev–Trinajstić information content (AvgIpc) is 2.61. The lowest BCUT2D eigenvalue weighted by Crippen LogP contribution is -2.51. The molecule has 2 aliphatic rings. The molecule has 5 heteroatoms. The third-order valence-electron chi connectivity index (χ3n) is 4.53. The number of carbonyl (C=O) groups excluding carboxylic acids is 2. The molecule has 1 unspecified atom stereocenters. The van der Waals surface area contributed by atoms with E-state index in [1.807, 2.05) is 4.90 Å². The monoisotopic (exact) mass is 268 g/mol. The van der Waals surface area contributed by atoms with Gasteiger partial charge in [-0.15, -0.1) is 0 Å². The molecule has 0 radical (unpaired) electrons. The maximum Gasteiger partial charge on any atom is 0.242 e. The van der Waals surface area contributed by atoms with Crippen molar-refractivity contribution in [2.75, 3.05) is 19.7 Å². The van der Waals surface area contributed by atoms with Crippen molar-refractivity contribution in [3.05, 3.63) is 0 Å². The van der Waals surface area contributed by atoms with E-state index in [4.69, 9.17) is 4.74 Å². The lowest BCUT2D eigenvalue weighted by Gasteiger charge is -2.43. The van der Waals surface area contributed by atoms with Crippen molar-refractivity contribution < 1.29 is 14.3 Å². The van der Waals surface area contributed by atoms with Crippen molar-refractivity contribution in [2.24, 2.45) is 0 Å². The van der Waals surface area contributed by atoms with E-state index in [-0.39, 0.29) is 30.0 Å². The van der Waals surface area contributed by atoms with E-state index in [0.29, 0.717) is 19.6 Å². The molecule has 2 rings (SSSR count). The summed E-state index contributed by atoms with van der Waals surface area (Å²) in [5, 5.41) is 2.65. The van der Waals surface area contributed by atoms with Crippen LogP contribution in [0, 0.1) is 0 Å². The van der Waals surface area contributed by atoms with E-state index in [1.165, 1.54) is 0 Å². The van der Waals surface area contributed by atoms with Crippen LogP contribution in [-0.4, -0.2) is 48.1 Å². The minimum atomic E-state index is -0.0903. The minimum Gasteiger partial charge on any atom is -0.375 e. The highest BCUT2D eigenvalue weighted by Gasteiger charge is 2.38. The topological polar surface area (TPSA) is 58.6 Å². The van der Waals surface area contributed by atoms with Crippen LogP contribution in [0.2, 0.25) is 0 Å². The molecule has 0 aromatic carbocycles. The molecular formula is C14H24N2O3. The van der Waals surface area contributed by atoms with Gasteiger partial charge in [-0.2, -0.15) is 0 Å². The molecule has 2 fully saturated rings. The molecule has 19 heavy (non-hydrogen) atoms. The van der Waals surface area contributed by atoms with Gasteiger partial charge in [0, 0.05) is 25.6 Å². The predicted molar refractivity (Wildman–Crippen MR) is 71.6 cm³/mol. The molecule has 2 amide bonds. The van der Waals surface area contributed by atoms with Gasteiger partial charge in [-0.1, -0.05) is 13.8 Å². The van der Waals surface area contributed by atoms with E-state index in [0.717, 1.165) is 25.7 Å². The first-order valence-corrected chi connectivity index (χ1v) is 7.30. The van der Waals surface area contributed by atoms with Crippen LogP contribution in [0.5, 0.6) is 0 Å². The summed E-state index contributed by atoms with van der Waals surface area (Å²) in [5.41, 5.74) is -0.0903. The first-order valence-electron chi connectivity index (χ1n) is 7.30. The molecular weight excluding hydrogens is 244 g/mol. The molecule has 1 N–H and O–H groups in total. The fraction of sp³-hybridized carbons (Fsp3) is 0.857. The molecule has 0 saturated carbocycles. The maximum absolute atomic E-state index is 12.1. The summed E-state index contributed by atoms with van der Waals surface area (Å²) in [6.07, 6.45) is 4.12. The van der Waals surface area contributed by atoms with E-state index in [9.17, 15) is 9.59 Å². The zero-order valence-electron chi connectivity index (χ0n) is 11.9. The smallest absolute Gasteiger partial charge is 0.242 e. The van der Waals surface area contributed by atoms with Gasteiger partial charge in [0.1, 0.15) is 0 Å². The number of nitrogens with zero attached hydrogens (tertiary/aromatic N) is 1. The summed E-state index contributed by atoms with van der Waals surface area (Å²) in [6, 6.07) is 0.217. The fourth-order valence-corrected chi connectivity index (χ4v) is 3.11. The summed E-state index contributed by atoms with van der Waals surface area (Å²) in [6.45, 7) is 5.67. The molecule has 2 heterocycles. The standard InChI is InChI=1S/C14H24N2O3/c1-3-14(4-2)9-11(6-8-19-14)16-7-5-12(17)15-10-13(16)18/h11H,3-10H2,1-2H3,(H,15,17). The second-order valence-corrected chi connectivity index (χ2v) is 5.50. The van der Waals surface area contributed by atoms with E-state index >= 15 is 0 Å². The minimum absolute atomic E-state index is 0.0276. The molecule has 0 aliphatic carbocycles. The Labute approximate surface area is 114 Å². The Morgan fingerprint density at radius 2 is 2.11 bits per heavy atom. The number of hydrogen-bond donors (Lipinski definition) is 1. The van der Waals surface area contributed by atoms with Gasteiger partial charge in [0.25, 0.3) is 0 Å². The third-order valence-corrected chi connectivity index (χ3v) is 4.53. The number of nitrogens with one attached hydrogen (secondary N) is 1. The molecule has 0 spiro atoms. The Morgan fingerprint density at radius 3 is 2.79 bits per heavy atom. The number of hydrogen-bond acceptors (Lipinski definition) is 3. The third kappa shape index (κ3) is 3.08. The highest BCUT2D eigenvalue weighted by molar-refractivity contribution is 5.87. The Bertz CT molecular complexity index is 353. The molecule has 5 nitrogen and oxygen atoms in total. The summed E-state index contributed by atoms with van der Waals surface area (Å²) in [7, 11) is 0. The first-order chi connectivity index (χ1) is 9.10. The van der Waals surface area contributed by atoms with Crippen molar-refractivity contribution in [1.29, 1.82) is 0 Å². The molecule has 108 valence electrons. The van der Waals surface area contributed by atoms with E-state index < -0.39 is 0 Å². The first kappa shape index (κ1) is 14.3. The maximum atomic E-state index is 12.1. The predicted octanol–water partition coefficient (Wildman–Crippen LogP) is 1.07. The lowest BCUT2D eigenvalue weighted by atomic mass is 9.85. The van der Waals surface area contributed by atoms with Gasteiger partial charge in [-0.3, -0.25) is 9.59 Å². The zero-order chi connectivity index (χ0) is 13.9. The lowest BCUT2D eigenvalue weighted by molar-refractivity contribution is -0.142. The van der Waals surface area contributed by atoms with Gasteiger partial charge in [0.2, 0.25) is 11.8 Å². The quantitative estimate of drug-likeness (QED) is 0.833. The highest BCUT2D eigenvalue weighted by atomic mass is 16.5. The summed E-state index contributed by atoms with van der Waals surface area (Å²) in [4.78, 5) is 25.4. The Hall–Kier alpha value is -1.10. The SMILES string of the molecule is CCC1(CC)CC(N2CCC(=O)NCC2=O)CCO1. The molecule has 2 aliphatic heterocycles. The second kappa shape index (κ2) is 5.90. The van der Waals surface area contributed by atoms with Crippen LogP contribution < -0.4 is 5.32 Å². The number of amides is 2. The van der Waals surface area contributed by atoms with Crippen LogP contribution in [0.15, 0.2) is 0 Å². The Morgan fingerprint density at radius 1 is 1.37 bits per heavy atom. The normalized spacial score (nSPS) is 27.9. The van der Waals surface area contributed by atoms with Gasteiger partial charge >= 0.3 is 0 Å². The molecule has 0 aromatic heterocycles. The average molecular weight is 268 g/mol. The van der Waals surface area contributed by atoms with Gasteiger partial charge in [0.15, 0.2) is 0 Å². The van der Waals surface area contributed by atoms with Crippen LogP contribution in [0.25, 0.3) is 0 Å². The molecule has 1 atom stereocenters.